The number of hydrogen-bond donors (Lipinski definition) is 0. The first-order valence-corrected chi connectivity index (χ1v) is 9.74. The first-order valence-electron chi connectivity index (χ1n) is 9.74. The highest BCUT2D eigenvalue weighted by molar-refractivity contribution is 5.60. The Labute approximate surface area is 151 Å². The molecule has 0 spiro atoms. The fraction of sp³-hybridized carbons (Fsp3) is 0.478. The van der Waals surface area contributed by atoms with Gasteiger partial charge < -0.3 is 0 Å². The Morgan fingerprint density at radius 3 is 2.20 bits per heavy atom. The van der Waals surface area contributed by atoms with E-state index in [1.165, 1.54) is 50.5 Å². The average molecular weight is 332 g/mol. The summed E-state index contributed by atoms with van der Waals surface area (Å²) in [6.07, 6.45) is 12.9. The fourth-order valence-corrected chi connectivity index (χ4v) is 4.05. The molecule has 2 heteroatoms. The summed E-state index contributed by atoms with van der Waals surface area (Å²) in [6.45, 7) is 2.31. The molecule has 1 saturated carbocycles. The Kier molecular flexibility index (Phi) is 6.23. The molecule has 0 radical (unpaired) electrons. The number of rotatable bonds is 6. The van der Waals surface area contributed by atoms with Crippen molar-refractivity contribution in [3.63, 3.8) is 0 Å². The minimum Gasteiger partial charge on any atom is -0.256 e. The van der Waals surface area contributed by atoms with Crippen LogP contribution in [0.2, 0.25) is 0 Å². The summed E-state index contributed by atoms with van der Waals surface area (Å²) in [5.74, 6) is 1.90. The van der Waals surface area contributed by atoms with E-state index in [1.54, 1.807) is 0 Å². The highest BCUT2D eigenvalue weighted by Gasteiger charge is 2.20. The molecule has 1 aromatic carbocycles. The zero-order valence-corrected chi connectivity index (χ0v) is 15.2. The molecule has 1 aromatic heterocycles. The summed E-state index contributed by atoms with van der Waals surface area (Å²) in [6, 6.07) is 14.1. The van der Waals surface area contributed by atoms with Gasteiger partial charge in [-0.2, -0.15) is 5.26 Å². The minimum atomic E-state index is 0.689. The van der Waals surface area contributed by atoms with Gasteiger partial charge in [-0.3, -0.25) is 4.98 Å². The summed E-state index contributed by atoms with van der Waals surface area (Å²) >= 11 is 0. The van der Waals surface area contributed by atoms with E-state index in [0.717, 1.165) is 29.5 Å². The van der Waals surface area contributed by atoms with Crippen LogP contribution in [0.4, 0.5) is 0 Å². The molecule has 0 atom stereocenters. The molecule has 3 rings (SSSR count). The number of hydrogen-bond acceptors (Lipinski definition) is 2. The third kappa shape index (κ3) is 4.92. The minimum absolute atomic E-state index is 0.689. The lowest BCUT2D eigenvalue weighted by atomic mass is 9.78. The van der Waals surface area contributed by atoms with Gasteiger partial charge in [0.15, 0.2) is 0 Å². The van der Waals surface area contributed by atoms with Crippen LogP contribution in [0.25, 0.3) is 11.3 Å². The van der Waals surface area contributed by atoms with Crippen LogP contribution < -0.4 is 0 Å². The molecule has 0 saturated heterocycles. The molecule has 0 unspecified atom stereocenters. The van der Waals surface area contributed by atoms with Crippen molar-refractivity contribution in [2.24, 2.45) is 11.8 Å². The monoisotopic (exact) mass is 332 g/mol. The Bertz CT molecular complexity index is 686. The van der Waals surface area contributed by atoms with Gasteiger partial charge in [0.1, 0.15) is 0 Å². The largest absolute Gasteiger partial charge is 0.256 e. The average Bonchev–Trinajstić information content (AvgIpc) is 2.68. The summed E-state index contributed by atoms with van der Waals surface area (Å²) in [7, 11) is 0. The zero-order valence-electron chi connectivity index (χ0n) is 15.2. The molecule has 1 aliphatic rings. The Morgan fingerprint density at radius 2 is 1.64 bits per heavy atom. The number of nitrogens with zero attached hydrogens (tertiary/aromatic N) is 2. The number of nitriles is 1. The SMILES string of the molecule is CCC[C@H]1CC[C@H](CCc2ccc(-c3ccc(C#N)cc3)nc2)CC1. The first-order chi connectivity index (χ1) is 12.3. The van der Waals surface area contributed by atoms with Crippen LogP contribution in [-0.2, 0) is 6.42 Å². The smallest absolute Gasteiger partial charge is 0.0991 e. The van der Waals surface area contributed by atoms with Gasteiger partial charge in [0.25, 0.3) is 0 Å². The molecule has 1 aliphatic carbocycles. The molecule has 0 amide bonds. The van der Waals surface area contributed by atoms with Crippen molar-refractivity contribution in [3.8, 4) is 17.3 Å². The Balaban J connectivity index is 1.50. The summed E-state index contributed by atoms with van der Waals surface area (Å²) < 4.78 is 0. The Morgan fingerprint density at radius 1 is 0.960 bits per heavy atom. The molecule has 2 aromatic rings. The molecule has 0 bridgehead atoms. The number of aromatic nitrogens is 1. The van der Waals surface area contributed by atoms with Crippen LogP contribution in [0.3, 0.4) is 0 Å². The lowest BCUT2D eigenvalue weighted by Gasteiger charge is -2.28. The predicted molar refractivity (Wildman–Crippen MR) is 103 cm³/mol. The highest BCUT2D eigenvalue weighted by Crippen LogP contribution is 2.33. The van der Waals surface area contributed by atoms with Crippen molar-refractivity contribution in [2.45, 2.75) is 58.3 Å². The summed E-state index contributed by atoms with van der Waals surface area (Å²) in [5, 5.41) is 8.88. The van der Waals surface area contributed by atoms with E-state index in [2.05, 4.69) is 30.1 Å². The van der Waals surface area contributed by atoms with Gasteiger partial charge >= 0.3 is 0 Å². The van der Waals surface area contributed by atoms with Gasteiger partial charge in [-0.15, -0.1) is 0 Å². The van der Waals surface area contributed by atoms with E-state index < -0.39 is 0 Å². The molecule has 0 aliphatic heterocycles. The van der Waals surface area contributed by atoms with Gasteiger partial charge in [-0.05, 0) is 48.4 Å². The van der Waals surface area contributed by atoms with Crippen LogP contribution in [0.15, 0.2) is 42.6 Å². The number of pyridine rings is 1. The second kappa shape index (κ2) is 8.81. The van der Waals surface area contributed by atoms with Crippen LogP contribution in [0.1, 0.15) is 63.0 Å². The second-order valence-electron chi connectivity index (χ2n) is 7.45. The van der Waals surface area contributed by atoms with Crippen molar-refractivity contribution in [2.75, 3.05) is 0 Å². The standard InChI is InChI=1S/C23H28N2/c1-2-3-18-4-6-19(7-5-18)8-9-21-12-15-23(25-17-21)22-13-10-20(16-24)11-14-22/h10-15,17-19H,2-9H2,1H3/t18-,19-. The second-order valence-corrected chi connectivity index (χ2v) is 7.45. The van der Waals surface area contributed by atoms with Gasteiger partial charge in [0.05, 0.1) is 17.3 Å². The van der Waals surface area contributed by atoms with Crippen molar-refractivity contribution in [1.29, 1.82) is 5.26 Å². The van der Waals surface area contributed by atoms with E-state index >= 15 is 0 Å². The Hall–Kier alpha value is -2.14. The van der Waals surface area contributed by atoms with E-state index in [0.29, 0.717) is 5.56 Å². The highest BCUT2D eigenvalue weighted by atomic mass is 14.7. The van der Waals surface area contributed by atoms with Crippen molar-refractivity contribution in [3.05, 3.63) is 53.7 Å². The van der Waals surface area contributed by atoms with Crippen LogP contribution in [0, 0.1) is 23.2 Å². The van der Waals surface area contributed by atoms with E-state index in [9.17, 15) is 0 Å². The first kappa shape index (κ1) is 17.7. The molecular formula is C23H28N2. The molecule has 0 N–H and O–H groups in total. The topological polar surface area (TPSA) is 36.7 Å². The molecule has 2 nitrogen and oxygen atoms in total. The third-order valence-electron chi connectivity index (χ3n) is 5.64. The summed E-state index contributed by atoms with van der Waals surface area (Å²) in [5.41, 5.74) is 4.08. The predicted octanol–water partition coefficient (Wildman–Crippen LogP) is 6.16. The fourth-order valence-electron chi connectivity index (χ4n) is 4.05. The van der Waals surface area contributed by atoms with Crippen molar-refractivity contribution >= 4 is 0 Å². The molecular weight excluding hydrogens is 304 g/mol. The van der Waals surface area contributed by atoms with Crippen LogP contribution >= 0.6 is 0 Å². The molecule has 130 valence electrons. The van der Waals surface area contributed by atoms with Gasteiger partial charge in [-0.1, -0.05) is 63.6 Å². The maximum Gasteiger partial charge on any atom is 0.0991 e. The zero-order chi connectivity index (χ0) is 17.5. The normalized spacial score (nSPS) is 20.2. The summed E-state index contributed by atoms with van der Waals surface area (Å²) in [4.78, 5) is 4.62. The van der Waals surface area contributed by atoms with Crippen molar-refractivity contribution < 1.29 is 0 Å². The molecule has 1 heterocycles. The van der Waals surface area contributed by atoms with Crippen LogP contribution in [-0.4, -0.2) is 4.98 Å². The maximum atomic E-state index is 8.88. The van der Waals surface area contributed by atoms with E-state index in [4.69, 9.17) is 5.26 Å². The number of aryl methyl sites for hydroxylation is 1. The molecule has 25 heavy (non-hydrogen) atoms. The van der Waals surface area contributed by atoms with Crippen LogP contribution in [0.5, 0.6) is 0 Å². The van der Waals surface area contributed by atoms with E-state index in [-0.39, 0.29) is 0 Å². The lowest BCUT2D eigenvalue weighted by molar-refractivity contribution is 0.252. The lowest BCUT2D eigenvalue weighted by Crippen LogP contribution is -2.15. The van der Waals surface area contributed by atoms with Gasteiger partial charge in [0, 0.05) is 11.8 Å². The maximum absolute atomic E-state index is 8.88. The van der Waals surface area contributed by atoms with E-state index in [1.807, 2.05) is 30.5 Å². The van der Waals surface area contributed by atoms with Crippen molar-refractivity contribution in [1.82, 2.24) is 4.98 Å². The quantitative estimate of drug-likeness (QED) is 0.635. The van der Waals surface area contributed by atoms with Gasteiger partial charge in [0.2, 0.25) is 0 Å². The third-order valence-corrected chi connectivity index (χ3v) is 5.64. The van der Waals surface area contributed by atoms with Gasteiger partial charge in [-0.25, -0.2) is 0 Å². The number of benzene rings is 1. The molecule has 1 fully saturated rings.